The third kappa shape index (κ3) is 5.81. The van der Waals surface area contributed by atoms with Gasteiger partial charge >= 0.3 is 0 Å². The monoisotopic (exact) mass is 362 g/mol. The minimum absolute atomic E-state index is 0.281. The predicted octanol–water partition coefficient (Wildman–Crippen LogP) is 3.55. The summed E-state index contributed by atoms with van der Waals surface area (Å²) >= 11 is 1.22. The van der Waals surface area contributed by atoms with E-state index in [2.05, 4.69) is 15.2 Å². The van der Waals surface area contributed by atoms with Crippen LogP contribution in [-0.2, 0) is 9.53 Å². The van der Waals surface area contributed by atoms with Crippen molar-refractivity contribution in [2.24, 2.45) is 5.18 Å². The fourth-order valence-corrected chi connectivity index (χ4v) is 2.61. The second-order valence-electron chi connectivity index (χ2n) is 4.66. The Morgan fingerprint density at radius 1 is 1.40 bits per heavy atom. The number of nitrogens with one attached hydrogen (secondary N) is 2. The number of nitrogen functional groups attached to an aromatic ring is 1. The average molecular weight is 362 g/mol. The maximum atomic E-state index is 12.2. The fraction of sp³-hybridized carbons (Fsp3) is 0.188. The summed E-state index contributed by atoms with van der Waals surface area (Å²) in [7, 11) is 0. The van der Waals surface area contributed by atoms with Gasteiger partial charge in [-0.1, -0.05) is 0 Å². The number of ether oxygens (including phenoxy) is 1. The number of rotatable bonds is 6. The summed E-state index contributed by atoms with van der Waals surface area (Å²) in [5, 5.41) is 15.2. The smallest absolute Gasteiger partial charge is 0.293 e. The van der Waals surface area contributed by atoms with Crippen molar-refractivity contribution in [1.29, 1.82) is 5.41 Å². The van der Waals surface area contributed by atoms with Gasteiger partial charge < -0.3 is 21.2 Å². The number of anilines is 2. The van der Waals surface area contributed by atoms with E-state index >= 15 is 0 Å². The molecule has 0 aliphatic carbocycles. The summed E-state index contributed by atoms with van der Waals surface area (Å²) in [6, 6.07) is 6.16. The number of nitroso groups, excluding NO2 is 1. The second-order valence-corrected chi connectivity index (χ2v) is 5.57. The topological polar surface area (TPSA) is 135 Å². The number of amides is 1. The lowest BCUT2D eigenvalue weighted by Gasteiger charge is -2.07. The molecule has 0 unspecified atom stereocenters. The minimum atomic E-state index is -0.378. The number of hydrogen-bond donors (Lipinski definition) is 3. The molecule has 25 heavy (non-hydrogen) atoms. The molecule has 0 saturated heterocycles. The summed E-state index contributed by atoms with van der Waals surface area (Å²) in [5.74, 6) is -0.378. The standard InChI is InChI=1S/C13H12N4O2S.C3H6O2/c1-7(14)10-6-20-12(15)11(10)13(18)16-8-2-4-9(17-19)5-3-8;1-2-5-3-4/h2-6,14H,15H2,1H3,(H,16,18);3H,2H2,1H3. The van der Waals surface area contributed by atoms with Crippen molar-refractivity contribution in [3.05, 3.63) is 45.7 Å². The fourth-order valence-electron chi connectivity index (χ4n) is 1.75. The molecule has 0 saturated carbocycles. The van der Waals surface area contributed by atoms with E-state index in [9.17, 15) is 14.5 Å². The molecular weight excluding hydrogens is 344 g/mol. The molecule has 0 radical (unpaired) electrons. The molecule has 9 heteroatoms. The van der Waals surface area contributed by atoms with Crippen molar-refractivity contribution < 1.29 is 14.3 Å². The van der Waals surface area contributed by atoms with Crippen molar-refractivity contribution in [2.45, 2.75) is 13.8 Å². The van der Waals surface area contributed by atoms with Gasteiger partial charge in [0.25, 0.3) is 12.4 Å². The van der Waals surface area contributed by atoms with Gasteiger partial charge in [0.15, 0.2) is 0 Å². The zero-order chi connectivity index (χ0) is 18.8. The number of thiophene rings is 1. The van der Waals surface area contributed by atoms with Crippen LogP contribution in [0.2, 0.25) is 0 Å². The van der Waals surface area contributed by atoms with Crippen LogP contribution in [0.1, 0.15) is 29.8 Å². The Hall–Kier alpha value is -3.07. The van der Waals surface area contributed by atoms with Crippen LogP contribution >= 0.6 is 11.3 Å². The Kier molecular flexibility index (Phi) is 7.94. The molecule has 0 aliphatic heterocycles. The van der Waals surface area contributed by atoms with Gasteiger partial charge in [0, 0.05) is 22.3 Å². The van der Waals surface area contributed by atoms with E-state index in [4.69, 9.17) is 11.1 Å². The second kappa shape index (κ2) is 9.93. The van der Waals surface area contributed by atoms with Gasteiger partial charge in [0.2, 0.25) is 0 Å². The normalized spacial score (nSPS) is 9.36. The molecule has 1 amide bonds. The van der Waals surface area contributed by atoms with Crippen LogP contribution in [0.3, 0.4) is 0 Å². The Morgan fingerprint density at radius 3 is 2.48 bits per heavy atom. The lowest BCUT2D eigenvalue weighted by molar-refractivity contribution is -0.128. The maximum absolute atomic E-state index is 12.2. The van der Waals surface area contributed by atoms with Gasteiger partial charge in [-0.3, -0.25) is 9.59 Å². The first-order chi connectivity index (χ1) is 11.9. The summed E-state index contributed by atoms with van der Waals surface area (Å²) in [6.07, 6.45) is 0. The molecule has 0 spiro atoms. The van der Waals surface area contributed by atoms with Crippen LogP contribution in [0.4, 0.5) is 16.4 Å². The van der Waals surface area contributed by atoms with Crippen LogP contribution in [0.5, 0.6) is 0 Å². The molecule has 0 bridgehead atoms. The molecule has 8 nitrogen and oxygen atoms in total. The first-order valence-electron chi connectivity index (χ1n) is 7.17. The van der Waals surface area contributed by atoms with Gasteiger partial charge in [0.05, 0.1) is 17.2 Å². The highest BCUT2D eigenvalue weighted by molar-refractivity contribution is 7.14. The minimum Gasteiger partial charge on any atom is -0.468 e. The molecule has 4 N–H and O–H groups in total. The van der Waals surface area contributed by atoms with E-state index in [1.54, 1.807) is 31.4 Å². The Bertz CT molecular complexity index is 756. The van der Waals surface area contributed by atoms with Gasteiger partial charge in [-0.2, -0.15) is 0 Å². The summed E-state index contributed by atoms with van der Waals surface area (Å²) in [4.78, 5) is 31.7. The van der Waals surface area contributed by atoms with Crippen molar-refractivity contribution in [1.82, 2.24) is 0 Å². The maximum Gasteiger partial charge on any atom is 0.293 e. The molecule has 2 aromatic rings. The molecular formula is C16H18N4O4S. The number of nitrogens with two attached hydrogens (primary N) is 1. The lowest BCUT2D eigenvalue weighted by Crippen LogP contribution is -2.15. The van der Waals surface area contributed by atoms with E-state index < -0.39 is 0 Å². The lowest BCUT2D eigenvalue weighted by atomic mass is 10.1. The Labute approximate surface area is 148 Å². The number of hydrogen-bond acceptors (Lipinski definition) is 8. The van der Waals surface area contributed by atoms with E-state index in [1.165, 1.54) is 23.5 Å². The molecule has 2 rings (SSSR count). The van der Waals surface area contributed by atoms with Crippen LogP contribution in [0, 0.1) is 10.3 Å². The summed E-state index contributed by atoms with van der Waals surface area (Å²) in [5.41, 5.74) is 7.71. The van der Waals surface area contributed by atoms with Gasteiger partial charge in [-0.05, 0) is 43.3 Å². The first-order valence-corrected chi connectivity index (χ1v) is 8.05. The zero-order valence-corrected chi connectivity index (χ0v) is 14.6. The van der Waals surface area contributed by atoms with Crippen molar-refractivity contribution in [2.75, 3.05) is 17.7 Å². The van der Waals surface area contributed by atoms with Crippen molar-refractivity contribution >= 4 is 45.8 Å². The largest absolute Gasteiger partial charge is 0.468 e. The van der Waals surface area contributed by atoms with Gasteiger partial charge in [0.1, 0.15) is 5.69 Å². The molecule has 1 aromatic carbocycles. The Morgan fingerprint density at radius 2 is 2.04 bits per heavy atom. The van der Waals surface area contributed by atoms with Crippen LogP contribution in [0.25, 0.3) is 0 Å². The predicted molar refractivity (Wildman–Crippen MR) is 98.8 cm³/mol. The molecule has 0 fully saturated rings. The third-order valence-electron chi connectivity index (χ3n) is 2.92. The Balaban J connectivity index is 0.000000550. The number of nitrogens with zero attached hydrogens (tertiary/aromatic N) is 1. The summed E-state index contributed by atoms with van der Waals surface area (Å²) in [6.45, 7) is 4.26. The average Bonchev–Trinajstić information content (AvgIpc) is 2.99. The molecule has 0 aliphatic rings. The van der Waals surface area contributed by atoms with Gasteiger partial charge in [-0.15, -0.1) is 16.2 Å². The number of carbonyl (C=O) groups is 2. The van der Waals surface area contributed by atoms with E-state index in [-0.39, 0.29) is 17.3 Å². The van der Waals surface area contributed by atoms with Crippen LogP contribution in [0.15, 0.2) is 34.8 Å². The zero-order valence-electron chi connectivity index (χ0n) is 13.7. The quantitative estimate of drug-likeness (QED) is 0.410. The van der Waals surface area contributed by atoms with E-state index in [0.29, 0.717) is 34.9 Å². The first kappa shape index (κ1) is 20.0. The molecule has 0 atom stereocenters. The van der Waals surface area contributed by atoms with E-state index in [1.807, 2.05) is 0 Å². The summed E-state index contributed by atoms with van der Waals surface area (Å²) < 4.78 is 4.15. The molecule has 1 aromatic heterocycles. The van der Waals surface area contributed by atoms with Gasteiger partial charge in [-0.25, -0.2) is 0 Å². The third-order valence-corrected chi connectivity index (χ3v) is 3.73. The SMILES string of the molecule is CC(=N)c1csc(N)c1C(=O)Nc1ccc(N=O)cc1.CCOC=O. The number of benzene rings is 1. The van der Waals surface area contributed by atoms with Crippen LogP contribution in [-0.4, -0.2) is 24.7 Å². The molecule has 132 valence electrons. The van der Waals surface area contributed by atoms with Crippen molar-refractivity contribution in [3.8, 4) is 0 Å². The highest BCUT2D eigenvalue weighted by Crippen LogP contribution is 2.27. The molecule has 1 heterocycles. The highest BCUT2D eigenvalue weighted by Gasteiger charge is 2.18. The van der Waals surface area contributed by atoms with Crippen molar-refractivity contribution in [3.63, 3.8) is 0 Å². The van der Waals surface area contributed by atoms with Crippen LogP contribution < -0.4 is 11.1 Å². The van der Waals surface area contributed by atoms with E-state index in [0.717, 1.165) is 0 Å². The number of carbonyl (C=O) groups excluding carboxylic acids is 2. The highest BCUT2D eigenvalue weighted by atomic mass is 32.1.